The van der Waals surface area contributed by atoms with Gasteiger partial charge in [0, 0.05) is 17.4 Å². The van der Waals surface area contributed by atoms with E-state index in [9.17, 15) is 9.90 Å². The fourth-order valence-electron chi connectivity index (χ4n) is 4.41. The average Bonchev–Trinajstić information content (AvgIpc) is 3.21. The Morgan fingerprint density at radius 2 is 1.75 bits per heavy atom. The van der Waals surface area contributed by atoms with Gasteiger partial charge in [-0.3, -0.25) is 0 Å². The number of pyridine rings is 1. The van der Waals surface area contributed by atoms with Crippen molar-refractivity contribution >= 4 is 38.3 Å². The van der Waals surface area contributed by atoms with E-state index in [1.165, 1.54) is 0 Å². The Balaban J connectivity index is 0.00000304. The van der Waals surface area contributed by atoms with E-state index in [1.807, 2.05) is 62.4 Å². The molecule has 3 aromatic carbocycles. The van der Waals surface area contributed by atoms with Crippen molar-refractivity contribution in [1.29, 1.82) is 0 Å². The van der Waals surface area contributed by atoms with Crippen LogP contribution in [0.1, 0.15) is 33.2 Å². The summed E-state index contributed by atoms with van der Waals surface area (Å²) in [5.74, 6) is -0.835. The third-order valence-electron chi connectivity index (χ3n) is 6.18. The van der Waals surface area contributed by atoms with Gasteiger partial charge in [-0.2, -0.15) is 0 Å². The molecule has 0 amide bonds. The molecular formula is C29H24NNaO4S. The Morgan fingerprint density at radius 3 is 2.44 bits per heavy atom. The number of hydrogen-bond donors (Lipinski definition) is 0. The summed E-state index contributed by atoms with van der Waals surface area (Å²) in [7, 11) is 1.61. The number of aromatic carboxylic acids is 1. The first-order valence-corrected chi connectivity index (χ1v) is 12.1. The molecule has 0 N–H and O–H groups in total. The SMILES string of the molecule is COC[C@@H](Oc1ccc(C)c2nc(-c3sc4ccccc4c3C)cc(C(=O)[O-])c12)c1ccccc1.[Na+]. The van der Waals surface area contributed by atoms with E-state index in [0.717, 1.165) is 31.7 Å². The number of carboxylic acids is 1. The van der Waals surface area contributed by atoms with Crippen LogP contribution in [0.4, 0.5) is 0 Å². The minimum Gasteiger partial charge on any atom is -0.545 e. The van der Waals surface area contributed by atoms with E-state index in [1.54, 1.807) is 30.6 Å². The van der Waals surface area contributed by atoms with Crippen molar-refractivity contribution in [3.8, 4) is 16.3 Å². The molecule has 0 aliphatic heterocycles. The summed E-state index contributed by atoms with van der Waals surface area (Å²) in [6.45, 7) is 4.27. The van der Waals surface area contributed by atoms with Crippen molar-refractivity contribution in [2.75, 3.05) is 13.7 Å². The number of carbonyl (C=O) groups is 1. The standard InChI is InChI=1S/C29H25NO4S.Na/c1-17-13-14-23(34-24(16-33-3)19-9-5-4-6-10-19)26-21(29(31)32)15-22(30-27(17)26)28-18(2)20-11-7-8-12-25(20)35-28;/h4-15,24H,16H2,1-3H3,(H,31,32);/q;+1/p-1/t24-;/m1./s1. The number of benzene rings is 3. The van der Waals surface area contributed by atoms with Gasteiger partial charge in [0.25, 0.3) is 0 Å². The minimum atomic E-state index is -1.27. The van der Waals surface area contributed by atoms with Gasteiger partial charge >= 0.3 is 29.6 Å². The molecule has 0 aliphatic rings. The number of aromatic nitrogens is 1. The van der Waals surface area contributed by atoms with E-state index >= 15 is 0 Å². The van der Waals surface area contributed by atoms with Gasteiger partial charge in [0.2, 0.25) is 0 Å². The predicted octanol–water partition coefficient (Wildman–Crippen LogP) is 2.87. The van der Waals surface area contributed by atoms with Gasteiger partial charge in [0.15, 0.2) is 0 Å². The number of nitrogens with zero attached hydrogens (tertiary/aromatic N) is 1. The molecule has 7 heteroatoms. The molecule has 5 aromatic rings. The van der Waals surface area contributed by atoms with Gasteiger partial charge in [-0.05, 0) is 54.1 Å². The number of hydrogen-bond acceptors (Lipinski definition) is 6. The molecule has 0 radical (unpaired) electrons. The van der Waals surface area contributed by atoms with E-state index < -0.39 is 12.1 Å². The van der Waals surface area contributed by atoms with E-state index in [-0.39, 0.29) is 35.1 Å². The third kappa shape index (κ3) is 4.92. The van der Waals surface area contributed by atoms with Gasteiger partial charge in [0.05, 0.1) is 34.1 Å². The van der Waals surface area contributed by atoms with Gasteiger partial charge in [0.1, 0.15) is 11.9 Å². The molecule has 0 saturated carbocycles. The van der Waals surface area contributed by atoms with Crippen LogP contribution < -0.4 is 39.4 Å². The van der Waals surface area contributed by atoms with Crippen LogP contribution in [0, 0.1) is 13.8 Å². The first kappa shape index (κ1) is 26.3. The van der Waals surface area contributed by atoms with Gasteiger partial charge in [-0.25, -0.2) is 4.98 Å². The number of carboxylic acid groups (broad SMARTS) is 1. The Hall–Kier alpha value is -2.74. The van der Waals surface area contributed by atoms with Gasteiger partial charge in [-0.1, -0.05) is 54.6 Å². The fraction of sp³-hybridized carbons (Fsp3) is 0.172. The zero-order chi connectivity index (χ0) is 24.5. The molecule has 0 unspecified atom stereocenters. The number of carbonyl (C=O) groups excluding carboxylic acids is 1. The van der Waals surface area contributed by atoms with Crippen molar-refractivity contribution < 1.29 is 48.9 Å². The van der Waals surface area contributed by atoms with E-state index in [0.29, 0.717) is 29.0 Å². The molecule has 2 heterocycles. The molecule has 0 spiro atoms. The zero-order valence-electron chi connectivity index (χ0n) is 20.7. The largest absolute Gasteiger partial charge is 1.00 e. The van der Waals surface area contributed by atoms with Crippen molar-refractivity contribution in [3.63, 3.8) is 0 Å². The minimum absolute atomic E-state index is 0. The molecule has 176 valence electrons. The summed E-state index contributed by atoms with van der Waals surface area (Å²) in [5.41, 5.74) is 4.13. The van der Waals surface area contributed by atoms with Crippen molar-refractivity contribution in [2.45, 2.75) is 20.0 Å². The van der Waals surface area contributed by atoms with Crippen LogP contribution in [-0.2, 0) is 4.74 Å². The third-order valence-corrected chi connectivity index (χ3v) is 7.47. The number of rotatable bonds is 7. The molecule has 36 heavy (non-hydrogen) atoms. The van der Waals surface area contributed by atoms with Gasteiger partial charge in [-0.15, -0.1) is 11.3 Å². The maximum Gasteiger partial charge on any atom is 1.00 e. The summed E-state index contributed by atoms with van der Waals surface area (Å²) in [6, 6.07) is 23.2. The van der Waals surface area contributed by atoms with Crippen molar-refractivity contribution in [1.82, 2.24) is 4.98 Å². The topological polar surface area (TPSA) is 71.5 Å². The summed E-state index contributed by atoms with van der Waals surface area (Å²) in [5, 5.41) is 14.0. The van der Waals surface area contributed by atoms with Crippen molar-refractivity contribution in [2.24, 2.45) is 0 Å². The smallest absolute Gasteiger partial charge is 0.545 e. The van der Waals surface area contributed by atoms with Crippen LogP contribution in [0.2, 0.25) is 0 Å². The quantitative estimate of drug-likeness (QED) is 0.318. The normalized spacial score (nSPS) is 11.9. The molecule has 0 saturated heterocycles. The number of thiophene rings is 1. The second-order valence-electron chi connectivity index (χ2n) is 8.47. The average molecular weight is 506 g/mol. The molecule has 1 atom stereocenters. The summed E-state index contributed by atoms with van der Waals surface area (Å²) in [6.07, 6.45) is -0.411. The van der Waals surface area contributed by atoms with Crippen LogP contribution in [0.15, 0.2) is 72.8 Å². The second kappa shape index (κ2) is 11.1. The van der Waals surface area contributed by atoms with E-state index in [4.69, 9.17) is 14.5 Å². The molecule has 0 aliphatic carbocycles. The maximum atomic E-state index is 12.4. The summed E-state index contributed by atoms with van der Waals surface area (Å²) >= 11 is 1.61. The monoisotopic (exact) mass is 505 g/mol. The van der Waals surface area contributed by atoms with E-state index in [2.05, 4.69) is 12.1 Å². The first-order valence-electron chi connectivity index (χ1n) is 11.3. The Bertz CT molecular complexity index is 1550. The van der Waals surface area contributed by atoms with Crippen LogP contribution >= 0.6 is 11.3 Å². The zero-order valence-corrected chi connectivity index (χ0v) is 23.5. The molecule has 2 aromatic heterocycles. The summed E-state index contributed by atoms with van der Waals surface area (Å²) < 4.78 is 12.9. The Kier molecular flexibility index (Phi) is 8.13. The number of fused-ring (bicyclic) bond motifs is 2. The fourth-order valence-corrected chi connectivity index (χ4v) is 5.58. The van der Waals surface area contributed by atoms with Crippen LogP contribution in [-0.4, -0.2) is 24.7 Å². The second-order valence-corrected chi connectivity index (χ2v) is 9.52. The van der Waals surface area contributed by atoms with Crippen molar-refractivity contribution in [3.05, 3.63) is 95.1 Å². The molecule has 5 rings (SSSR count). The molecule has 0 bridgehead atoms. The first-order chi connectivity index (χ1) is 17.0. The Morgan fingerprint density at radius 1 is 1.03 bits per heavy atom. The molecule has 5 nitrogen and oxygen atoms in total. The number of aryl methyl sites for hydroxylation is 2. The van der Waals surface area contributed by atoms with Crippen LogP contribution in [0.5, 0.6) is 5.75 Å². The van der Waals surface area contributed by atoms with Gasteiger partial charge < -0.3 is 19.4 Å². The van der Waals surface area contributed by atoms with Crippen LogP contribution in [0.3, 0.4) is 0 Å². The summed E-state index contributed by atoms with van der Waals surface area (Å²) in [4.78, 5) is 18.3. The Labute approximate surface area is 236 Å². The maximum absolute atomic E-state index is 12.4. The number of methoxy groups -OCH3 is 1. The molecule has 0 fully saturated rings. The van der Waals surface area contributed by atoms with Crippen LogP contribution in [0.25, 0.3) is 31.6 Å². The predicted molar refractivity (Wildman–Crippen MR) is 138 cm³/mol. The molecular weight excluding hydrogens is 481 g/mol. The number of ether oxygens (including phenoxy) is 2.